The van der Waals surface area contributed by atoms with E-state index in [-0.39, 0.29) is 17.8 Å². The third-order valence-corrected chi connectivity index (χ3v) is 3.40. The van der Waals surface area contributed by atoms with Gasteiger partial charge >= 0.3 is 0 Å². The summed E-state index contributed by atoms with van der Waals surface area (Å²) in [6.07, 6.45) is 0. The quantitative estimate of drug-likeness (QED) is 0.846. The molecule has 0 aliphatic rings. The van der Waals surface area contributed by atoms with Gasteiger partial charge in [-0.05, 0) is 42.3 Å². The first-order chi connectivity index (χ1) is 9.60. The zero-order valence-corrected chi connectivity index (χ0v) is 11.8. The summed E-state index contributed by atoms with van der Waals surface area (Å²) in [4.78, 5) is 12.1. The van der Waals surface area contributed by atoms with Gasteiger partial charge in [-0.1, -0.05) is 24.3 Å². The fourth-order valence-electron chi connectivity index (χ4n) is 1.86. The van der Waals surface area contributed by atoms with Gasteiger partial charge in [-0.25, -0.2) is 4.39 Å². The van der Waals surface area contributed by atoms with Gasteiger partial charge in [0, 0.05) is 11.4 Å². The van der Waals surface area contributed by atoms with Gasteiger partial charge in [0.05, 0.1) is 6.04 Å². The smallest absolute Gasteiger partial charge is 0.251 e. The minimum atomic E-state index is -0.288. The highest BCUT2D eigenvalue weighted by Crippen LogP contribution is 2.14. The lowest BCUT2D eigenvalue weighted by Gasteiger charge is -2.14. The van der Waals surface area contributed by atoms with Gasteiger partial charge in [0.25, 0.3) is 5.91 Å². The first kappa shape index (κ1) is 14.5. The molecule has 2 nitrogen and oxygen atoms in total. The monoisotopic (exact) mass is 291 g/mol. The Labute approximate surface area is 122 Å². The minimum absolute atomic E-state index is 0.164. The Bertz CT molecular complexity index is 580. The molecule has 0 spiro atoms. The van der Waals surface area contributed by atoms with Crippen LogP contribution in [-0.4, -0.2) is 5.91 Å². The molecule has 0 heterocycles. The van der Waals surface area contributed by atoms with E-state index in [9.17, 15) is 9.18 Å². The van der Waals surface area contributed by atoms with Crippen LogP contribution in [0.5, 0.6) is 0 Å². The van der Waals surface area contributed by atoms with E-state index in [1.165, 1.54) is 12.1 Å². The van der Waals surface area contributed by atoms with Crippen molar-refractivity contribution in [2.45, 2.75) is 18.8 Å². The highest BCUT2D eigenvalue weighted by atomic mass is 35.5. The normalized spacial score (nSPS) is 11.9. The zero-order chi connectivity index (χ0) is 14.5. The van der Waals surface area contributed by atoms with E-state index >= 15 is 0 Å². The van der Waals surface area contributed by atoms with E-state index in [2.05, 4.69) is 5.32 Å². The third-order valence-electron chi connectivity index (χ3n) is 3.09. The van der Waals surface area contributed by atoms with Crippen molar-refractivity contribution in [3.63, 3.8) is 0 Å². The highest BCUT2D eigenvalue weighted by molar-refractivity contribution is 6.17. The summed E-state index contributed by atoms with van der Waals surface area (Å²) in [5, 5.41) is 2.88. The molecule has 0 radical (unpaired) electrons. The van der Waals surface area contributed by atoms with Crippen molar-refractivity contribution in [1.82, 2.24) is 5.32 Å². The molecule has 0 aromatic heterocycles. The number of hydrogen-bond donors (Lipinski definition) is 1. The molecule has 0 bridgehead atoms. The van der Waals surface area contributed by atoms with Gasteiger partial charge < -0.3 is 5.32 Å². The molecular formula is C16H15ClFNO. The molecule has 2 rings (SSSR count). The van der Waals surface area contributed by atoms with Crippen LogP contribution in [0.3, 0.4) is 0 Å². The van der Waals surface area contributed by atoms with Gasteiger partial charge in [0.15, 0.2) is 0 Å². The SMILES string of the molecule is C[C@H](NC(=O)c1ccc(CCl)cc1)c1ccc(F)cc1. The van der Waals surface area contributed by atoms with Crippen LogP contribution in [0.4, 0.5) is 4.39 Å². The molecule has 0 saturated heterocycles. The van der Waals surface area contributed by atoms with Crippen LogP contribution >= 0.6 is 11.6 Å². The number of carbonyl (C=O) groups is 1. The fraction of sp³-hybridized carbons (Fsp3) is 0.188. The predicted molar refractivity (Wildman–Crippen MR) is 78.3 cm³/mol. The topological polar surface area (TPSA) is 29.1 Å². The number of amides is 1. The molecule has 1 N–H and O–H groups in total. The van der Waals surface area contributed by atoms with Crippen molar-refractivity contribution in [1.29, 1.82) is 0 Å². The van der Waals surface area contributed by atoms with Crippen molar-refractivity contribution in [2.24, 2.45) is 0 Å². The van der Waals surface area contributed by atoms with Crippen LogP contribution in [0.1, 0.15) is 34.5 Å². The van der Waals surface area contributed by atoms with E-state index < -0.39 is 0 Å². The summed E-state index contributed by atoms with van der Waals surface area (Å²) in [5.74, 6) is -0.0275. The number of rotatable bonds is 4. The van der Waals surface area contributed by atoms with E-state index in [1.54, 1.807) is 24.3 Å². The molecule has 1 atom stereocenters. The molecule has 0 saturated carbocycles. The molecule has 0 unspecified atom stereocenters. The van der Waals surface area contributed by atoms with Crippen LogP contribution in [0.25, 0.3) is 0 Å². The van der Waals surface area contributed by atoms with Crippen molar-refractivity contribution >= 4 is 17.5 Å². The predicted octanol–water partition coefficient (Wildman–Crippen LogP) is 4.06. The Morgan fingerprint density at radius 1 is 1.15 bits per heavy atom. The summed E-state index contributed by atoms with van der Waals surface area (Å²) >= 11 is 5.70. The van der Waals surface area contributed by atoms with Gasteiger partial charge in [-0.15, -0.1) is 11.6 Å². The molecule has 104 valence electrons. The number of benzene rings is 2. The van der Waals surface area contributed by atoms with Crippen LogP contribution in [-0.2, 0) is 5.88 Å². The third kappa shape index (κ3) is 3.58. The standard InChI is InChI=1S/C16H15ClFNO/c1-11(13-6-8-15(18)9-7-13)19-16(20)14-4-2-12(10-17)3-5-14/h2-9,11H,10H2,1H3,(H,19,20)/t11-/m0/s1. The van der Waals surface area contributed by atoms with Crippen molar-refractivity contribution in [3.05, 3.63) is 71.0 Å². The lowest BCUT2D eigenvalue weighted by molar-refractivity contribution is 0.0940. The van der Waals surface area contributed by atoms with Crippen molar-refractivity contribution < 1.29 is 9.18 Å². The van der Waals surface area contributed by atoms with Gasteiger partial charge in [0.1, 0.15) is 5.82 Å². The minimum Gasteiger partial charge on any atom is -0.346 e. The van der Waals surface area contributed by atoms with Crippen LogP contribution in [0.2, 0.25) is 0 Å². The Morgan fingerprint density at radius 3 is 2.30 bits per heavy atom. The average molecular weight is 292 g/mol. The molecular weight excluding hydrogens is 277 g/mol. The van der Waals surface area contributed by atoms with Crippen molar-refractivity contribution in [3.8, 4) is 0 Å². The lowest BCUT2D eigenvalue weighted by atomic mass is 10.1. The molecule has 0 aliphatic carbocycles. The van der Waals surface area contributed by atoms with Crippen molar-refractivity contribution in [2.75, 3.05) is 0 Å². The zero-order valence-electron chi connectivity index (χ0n) is 11.1. The molecule has 0 aliphatic heterocycles. The summed E-state index contributed by atoms with van der Waals surface area (Å²) < 4.78 is 12.9. The summed E-state index contributed by atoms with van der Waals surface area (Å²) in [7, 11) is 0. The maximum atomic E-state index is 12.9. The summed E-state index contributed by atoms with van der Waals surface area (Å²) in [6.45, 7) is 1.86. The van der Waals surface area contributed by atoms with Gasteiger partial charge in [0.2, 0.25) is 0 Å². The number of nitrogens with one attached hydrogen (secondary N) is 1. The van der Waals surface area contributed by atoms with E-state index in [0.29, 0.717) is 11.4 Å². The van der Waals surface area contributed by atoms with Crippen LogP contribution < -0.4 is 5.32 Å². The number of halogens is 2. The van der Waals surface area contributed by atoms with Crippen LogP contribution in [0, 0.1) is 5.82 Å². The second-order valence-electron chi connectivity index (χ2n) is 4.58. The molecule has 4 heteroatoms. The number of hydrogen-bond acceptors (Lipinski definition) is 1. The summed E-state index contributed by atoms with van der Waals surface area (Å²) in [6, 6.07) is 13.0. The molecule has 1 amide bonds. The largest absolute Gasteiger partial charge is 0.346 e. The maximum Gasteiger partial charge on any atom is 0.251 e. The summed E-state index contributed by atoms with van der Waals surface area (Å²) in [5.41, 5.74) is 2.40. The van der Waals surface area contributed by atoms with E-state index in [4.69, 9.17) is 11.6 Å². The van der Waals surface area contributed by atoms with Gasteiger partial charge in [-0.3, -0.25) is 4.79 Å². The number of carbonyl (C=O) groups excluding carboxylic acids is 1. The molecule has 0 fully saturated rings. The Kier molecular flexibility index (Phi) is 4.74. The Hall–Kier alpha value is -1.87. The fourth-order valence-corrected chi connectivity index (χ4v) is 2.04. The Balaban J connectivity index is 2.04. The number of alkyl halides is 1. The Morgan fingerprint density at radius 2 is 1.75 bits per heavy atom. The first-order valence-electron chi connectivity index (χ1n) is 6.31. The molecule has 2 aromatic carbocycles. The second-order valence-corrected chi connectivity index (χ2v) is 4.84. The van der Waals surface area contributed by atoms with E-state index in [0.717, 1.165) is 11.1 Å². The maximum absolute atomic E-state index is 12.9. The molecule has 20 heavy (non-hydrogen) atoms. The van der Waals surface area contributed by atoms with E-state index in [1.807, 2.05) is 19.1 Å². The highest BCUT2D eigenvalue weighted by Gasteiger charge is 2.11. The van der Waals surface area contributed by atoms with Crippen LogP contribution in [0.15, 0.2) is 48.5 Å². The van der Waals surface area contributed by atoms with Gasteiger partial charge in [-0.2, -0.15) is 0 Å². The molecule has 2 aromatic rings. The lowest BCUT2D eigenvalue weighted by Crippen LogP contribution is -2.26. The average Bonchev–Trinajstić information content (AvgIpc) is 2.48. The first-order valence-corrected chi connectivity index (χ1v) is 6.85. The second kappa shape index (κ2) is 6.53.